The summed E-state index contributed by atoms with van der Waals surface area (Å²) in [7, 11) is 1.97. The highest BCUT2D eigenvalue weighted by Crippen LogP contribution is 2.27. The molecule has 0 atom stereocenters. The van der Waals surface area contributed by atoms with Gasteiger partial charge in [0.25, 0.3) is 0 Å². The van der Waals surface area contributed by atoms with Gasteiger partial charge in [0, 0.05) is 37.5 Å². The van der Waals surface area contributed by atoms with Crippen molar-refractivity contribution >= 4 is 56.1 Å². The van der Waals surface area contributed by atoms with Gasteiger partial charge in [-0.1, -0.05) is 6.07 Å². The molecule has 10 nitrogen and oxygen atoms in total. The molecule has 154 valence electrons. The van der Waals surface area contributed by atoms with Gasteiger partial charge in [0.1, 0.15) is 5.52 Å². The number of anilines is 3. The van der Waals surface area contributed by atoms with Crippen molar-refractivity contribution in [2.24, 2.45) is 7.05 Å². The van der Waals surface area contributed by atoms with Crippen LogP contribution in [-0.4, -0.2) is 56.9 Å². The van der Waals surface area contributed by atoms with Crippen LogP contribution < -0.4 is 16.0 Å². The first-order chi connectivity index (χ1) is 14.6. The molecule has 1 fully saturated rings. The maximum absolute atomic E-state index is 12.3. The molecule has 0 aliphatic carbocycles. The van der Waals surface area contributed by atoms with Crippen LogP contribution >= 0.6 is 11.3 Å². The van der Waals surface area contributed by atoms with E-state index in [0.717, 1.165) is 27.1 Å². The van der Waals surface area contributed by atoms with E-state index < -0.39 is 6.09 Å². The highest BCUT2D eigenvalue weighted by molar-refractivity contribution is 7.16. The molecule has 3 aromatic heterocycles. The summed E-state index contributed by atoms with van der Waals surface area (Å²) in [6.07, 6.45) is 1.47. The topological polar surface area (TPSA) is 114 Å². The van der Waals surface area contributed by atoms with Gasteiger partial charge in [-0.05, 0) is 23.6 Å². The molecule has 4 heterocycles. The molecular weight excluding hydrogens is 404 g/mol. The van der Waals surface area contributed by atoms with Crippen molar-refractivity contribution in [3.63, 3.8) is 0 Å². The van der Waals surface area contributed by atoms with E-state index in [1.165, 1.54) is 11.3 Å². The number of amides is 1. The lowest BCUT2D eigenvalue weighted by Gasteiger charge is -2.33. The van der Waals surface area contributed by atoms with Gasteiger partial charge >= 0.3 is 6.09 Å². The van der Waals surface area contributed by atoms with Crippen molar-refractivity contribution in [1.29, 1.82) is 0 Å². The summed E-state index contributed by atoms with van der Waals surface area (Å²) in [5.41, 5.74) is 10.0. The molecule has 0 saturated carbocycles. The third-order valence-electron chi connectivity index (χ3n) is 5.08. The number of fused-ring (bicyclic) bond motifs is 2. The predicted molar refractivity (Wildman–Crippen MR) is 116 cm³/mol. The molecule has 5 rings (SSSR count). The second-order valence-corrected chi connectivity index (χ2v) is 7.86. The Bertz CT molecular complexity index is 1230. The lowest BCUT2D eigenvalue weighted by atomic mass is 10.2. The third-order valence-corrected chi connectivity index (χ3v) is 5.80. The monoisotopic (exact) mass is 424 g/mol. The van der Waals surface area contributed by atoms with Crippen molar-refractivity contribution < 1.29 is 9.63 Å². The van der Waals surface area contributed by atoms with Gasteiger partial charge in [0.2, 0.25) is 5.95 Å². The van der Waals surface area contributed by atoms with E-state index in [2.05, 4.69) is 25.2 Å². The van der Waals surface area contributed by atoms with Gasteiger partial charge in [-0.3, -0.25) is 5.32 Å². The molecule has 0 unspecified atom stereocenters. The molecule has 1 amide bonds. The fourth-order valence-electron chi connectivity index (χ4n) is 3.57. The van der Waals surface area contributed by atoms with Gasteiger partial charge in [0.15, 0.2) is 10.6 Å². The number of aromatic nitrogens is 4. The highest BCUT2D eigenvalue weighted by Gasteiger charge is 2.24. The summed E-state index contributed by atoms with van der Waals surface area (Å²) in [6.45, 7) is 2.34. The molecule has 3 N–H and O–H groups in total. The molecule has 4 aromatic rings. The van der Waals surface area contributed by atoms with Crippen molar-refractivity contribution in [2.75, 3.05) is 42.1 Å². The standard InChI is InChI=1S/C19H20N8O2S/c1-25-5-4-12-2-3-13(10-14(12)25)22-19(28)29-27-8-6-26(7-9-27)16-15-17(30-11-21-15)24-18(20)23-16/h2-5,10-11H,6-9H2,1H3,(H,22,28)(H2,20,23,24). The van der Waals surface area contributed by atoms with Gasteiger partial charge in [-0.15, -0.1) is 16.4 Å². The number of nitrogens with zero attached hydrogens (tertiary/aromatic N) is 6. The van der Waals surface area contributed by atoms with Crippen LogP contribution in [0.3, 0.4) is 0 Å². The van der Waals surface area contributed by atoms with Crippen LogP contribution in [-0.2, 0) is 11.9 Å². The first-order valence-electron chi connectivity index (χ1n) is 9.47. The number of nitrogens with two attached hydrogens (primary N) is 1. The van der Waals surface area contributed by atoms with Gasteiger partial charge < -0.3 is 20.0 Å². The smallest absolute Gasteiger partial charge is 0.368 e. The molecule has 11 heteroatoms. The third kappa shape index (κ3) is 3.48. The number of hydroxylamine groups is 2. The Hall–Kier alpha value is -3.44. The fraction of sp³-hybridized carbons (Fsp3) is 0.263. The number of carbonyl (C=O) groups excluding carboxylic acids is 1. The number of rotatable bonds is 3. The zero-order valence-corrected chi connectivity index (χ0v) is 17.1. The Morgan fingerprint density at radius 3 is 2.87 bits per heavy atom. The summed E-state index contributed by atoms with van der Waals surface area (Å²) < 4.78 is 2.00. The molecule has 1 aliphatic rings. The minimum Gasteiger partial charge on any atom is -0.368 e. The fourth-order valence-corrected chi connectivity index (χ4v) is 4.23. The maximum Gasteiger partial charge on any atom is 0.430 e. The number of hydrogen-bond acceptors (Lipinski definition) is 9. The van der Waals surface area contributed by atoms with E-state index in [1.54, 1.807) is 10.6 Å². The maximum atomic E-state index is 12.3. The van der Waals surface area contributed by atoms with Crippen molar-refractivity contribution in [2.45, 2.75) is 0 Å². The first kappa shape index (κ1) is 18.6. The van der Waals surface area contributed by atoms with Crippen LogP contribution in [0.15, 0.2) is 36.0 Å². The lowest BCUT2D eigenvalue weighted by molar-refractivity contribution is -0.0966. The summed E-state index contributed by atoms with van der Waals surface area (Å²) in [4.78, 5) is 33.6. The molecule has 0 bridgehead atoms. The minimum absolute atomic E-state index is 0.231. The lowest BCUT2D eigenvalue weighted by Crippen LogP contribution is -2.47. The second-order valence-electron chi connectivity index (χ2n) is 7.03. The Labute approximate surface area is 175 Å². The molecule has 1 saturated heterocycles. The van der Waals surface area contributed by atoms with E-state index in [0.29, 0.717) is 31.9 Å². The number of nitrogens with one attached hydrogen (secondary N) is 1. The molecule has 1 aliphatic heterocycles. The number of carbonyl (C=O) groups is 1. The summed E-state index contributed by atoms with van der Waals surface area (Å²) >= 11 is 1.43. The van der Waals surface area contributed by atoms with Gasteiger partial charge in [-0.2, -0.15) is 4.98 Å². The van der Waals surface area contributed by atoms with E-state index >= 15 is 0 Å². The van der Waals surface area contributed by atoms with Gasteiger partial charge in [-0.25, -0.2) is 14.8 Å². The van der Waals surface area contributed by atoms with Crippen LogP contribution in [0.25, 0.3) is 21.3 Å². The van der Waals surface area contributed by atoms with Crippen LogP contribution in [0.5, 0.6) is 0 Å². The quantitative estimate of drug-likeness (QED) is 0.515. The molecule has 30 heavy (non-hydrogen) atoms. The summed E-state index contributed by atoms with van der Waals surface area (Å²) in [5, 5.41) is 5.56. The summed E-state index contributed by atoms with van der Waals surface area (Å²) in [5.74, 6) is 0.953. The minimum atomic E-state index is -0.509. The van der Waals surface area contributed by atoms with Gasteiger partial charge in [0.05, 0.1) is 18.6 Å². The normalized spacial score (nSPS) is 15.0. The molecule has 0 radical (unpaired) electrons. The van der Waals surface area contributed by atoms with E-state index in [1.807, 2.05) is 42.1 Å². The molecule has 0 spiro atoms. The predicted octanol–water partition coefficient (Wildman–Crippen LogP) is 2.45. The Balaban J connectivity index is 1.21. The summed E-state index contributed by atoms with van der Waals surface area (Å²) in [6, 6.07) is 7.78. The Morgan fingerprint density at radius 1 is 1.20 bits per heavy atom. The van der Waals surface area contributed by atoms with Crippen molar-refractivity contribution in [3.05, 3.63) is 36.0 Å². The SMILES string of the molecule is Cn1ccc2ccc(NC(=O)ON3CCN(c4nc(N)nc5scnc45)CC3)cc21. The van der Waals surface area contributed by atoms with Crippen LogP contribution in [0.4, 0.5) is 22.2 Å². The second kappa shape index (κ2) is 7.43. The average Bonchev–Trinajstić information content (AvgIpc) is 3.35. The van der Waals surface area contributed by atoms with Crippen molar-refractivity contribution in [3.8, 4) is 0 Å². The number of thiazole rings is 1. The number of piperazine rings is 1. The van der Waals surface area contributed by atoms with Crippen LogP contribution in [0, 0.1) is 0 Å². The van der Waals surface area contributed by atoms with E-state index in [9.17, 15) is 4.79 Å². The highest BCUT2D eigenvalue weighted by atomic mass is 32.1. The number of nitrogen functional groups attached to an aromatic ring is 1. The number of hydrogen-bond donors (Lipinski definition) is 2. The molecular formula is C19H20N8O2S. The Kier molecular flexibility index (Phi) is 4.60. The Morgan fingerprint density at radius 2 is 2.03 bits per heavy atom. The first-order valence-corrected chi connectivity index (χ1v) is 10.4. The van der Waals surface area contributed by atoms with E-state index in [4.69, 9.17) is 10.6 Å². The zero-order valence-electron chi connectivity index (χ0n) is 16.3. The van der Waals surface area contributed by atoms with Crippen molar-refractivity contribution in [1.82, 2.24) is 24.6 Å². The molecule has 1 aromatic carbocycles. The average molecular weight is 424 g/mol. The zero-order chi connectivity index (χ0) is 20.7. The van der Waals surface area contributed by atoms with E-state index in [-0.39, 0.29) is 5.95 Å². The van der Waals surface area contributed by atoms with Crippen LogP contribution in [0.2, 0.25) is 0 Å². The number of aryl methyl sites for hydroxylation is 1. The van der Waals surface area contributed by atoms with Crippen LogP contribution in [0.1, 0.15) is 0 Å². The number of benzene rings is 1. The largest absolute Gasteiger partial charge is 0.430 e.